The lowest BCUT2D eigenvalue weighted by molar-refractivity contribution is 0.269. The maximum Gasteiger partial charge on any atom is 0.138 e. The van der Waals surface area contributed by atoms with Gasteiger partial charge in [-0.15, -0.1) is 0 Å². The number of hydrogen-bond donors (Lipinski definition) is 1. The molecule has 0 aliphatic heterocycles. The molecule has 0 aromatic heterocycles. The monoisotopic (exact) mass is 201 g/mol. The van der Waals surface area contributed by atoms with E-state index in [1.807, 2.05) is 36.4 Å². The molecule has 0 heterocycles. The van der Waals surface area contributed by atoms with Crippen LogP contribution in [-0.2, 0) is 0 Å². The number of fused-ring (bicyclic) bond motifs is 1. The summed E-state index contributed by atoms with van der Waals surface area (Å²) in [6.45, 7) is 1.73. The van der Waals surface area contributed by atoms with Crippen molar-refractivity contribution in [3.63, 3.8) is 0 Å². The number of aliphatic hydroxyl groups is 1. The van der Waals surface area contributed by atoms with Crippen LogP contribution in [0.4, 0.5) is 0 Å². The minimum Gasteiger partial charge on any atom is -0.486 e. The number of ether oxygens (including phenoxy) is 1. The van der Waals surface area contributed by atoms with Gasteiger partial charge in [0, 0.05) is 13.0 Å². The second kappa shape index (κ2) is 4.80. The van der Waals surface area contributed by atoms with Crippen LogP contribution in [-0.4, -0.2) is 11.7 Å². The number of rotatable bonds is 4. The fourth-order valence-corrected chi connectivity index (χ4v) is 1.45. The Kier molecular flexibility index (Phi) is 3.20. The largest absolute Gasteiger partial charge is 0.486 e. The lowest BCUT2D eigenvalue weighted by Crippen LogP contribution is -1.92. The molecule has 2 aromatic carbocycles. The van der Waals surface area contributed by atoms with Crippen molar-refractivity contribution in [3.05, 3.63) is 49.1 Å². The van der Waals surface area contributed by atoms with Crippen LogP contribution in [0, 0.1) is 6.61 Å². The van der Waals surface area contributed by atoms with Crippen molar-refractivity contribution in [1.29, 1.82) is 0 Å². The van der Waals surface area contributed by atoms with Gasteiger partial charge in [-0.2, -0.15) is 0 Å². The molecule has 0 aliphatic carbocycles. The first-order valence-electron chi connectivity index (χ1n) is 4.98. The summed E-state index contributed by atoms with van der Waals surface area (Å²) in [5.41, 5.74) is 0. The normalized spacial score (nSPS) is 10.5. The number of aliphatic hydroxyl groups excluding tert-OH is 1. The van der Waals surface area contributed by atoms with Crippen LogP contribution in [0.15, 0.2) is 42.5 Å². The highest BCUT2D eigenvalue weighted by atomic mass is 16.5. The molecule has 0 saturated heterocycles. The summed E-state index contributed by atoms with van der Waals surface area (Å²) in [5.74, 6) is 0.808. The van der Waals surface area contributed by atoms with Crippen LogP contribution in [0.1, 0.15) is 6.42 Å². The first kappa shape index (κ1) is 9.99. The molecule has 1 N–H and O–H groups in total. The van der Waals surface area contributed by atoms with Gasteiger partial charge in [0.05, 0.1) is 0 Å². The predicted molar refractivity (Wildman–Crippen MR) is 60.6 cm³/mol. The van der Waals surface area contributed by atoms with Crippen LogP contribution in [0.2, 0.25) is 0 Å². The first-order chi connectivity index (χ1) is 7.40. The van der Waals surface area contributed by atoms with Gasteiger partial charge in [-0.3, -0.25) is 0 Å². The molecular weight excluding hydrogens is 188 g/mol. The first-order valence-corrected chi connectivity index (χ1v) is 4.98. The van der Waals surface area contributed by atoms with E-state index in [-0.39, 0.29) is 6.61 Å². The zero-order valence-corrected chi connectivity index (χ0v) is 8.39. The van der Waals surface area contributed by atoms with E-state index in [1.165, 1.54) is 5.39 Å². The summed E-state index contributed by atoms with van der Waals surface area (Å²) >= 11 is 0. The van der Waals surface area contributed by atoms with E-state index in [0.29, 0.717) is 6.42 Å². The molecule has 2 nitrogen and oxygen atoms in total. The van der Waals surface area contributed by atoms with Crippen molar-refractivity contribution in [2.45, 2.75) is 6.42 Å². The summed E-state index contributed by atoms with van der Waals surface area (Å²) in [6.07, 6.45) is 0.548. The zero-order valence-electron chi connectivity index (χ0n) is 8.39. The van der Waals surface area contributed by atoms with E-state index in [9.17, 15) is 0 Å². The topological polar surface area (TPSA) is 29.5 Å². The molecule has 0 spiro atoms. The molecule has 2 rings (SSSR count). The van der Waals surface area contributed by atoms with E-state index in [0.717, 1.165) is 11.1 Å². The SMILES string of the molecule is OCC[CH]Oc1ccc2ccccc2c1. The molecule has 0 amide bonds. The standard InChI is InChI=1S/C13H13O2/c14-8-3-9-15-13-7-6-11-4-1-2-5-12(11)10-13/h1-2,4-7,9-10,14H,3,8H2. The van der Waals surface area contributed by atoms with Gasteiger partial charge in [-0.05, 0) is 22.9 Å². The molecule has 77 valence electrons. The third-order valence-electron chi connectivity index (χ3n) is 2.19. The Balaban J connectivity index is 2.16. The lowest BCUT2D eigenvalue weighted by Gasteiger charge is -2.05. The minimum absolute atomic E-state index is 0.119. The Morgan fingerprint density at radius 2 is 1.87 bits per heavy atom. The van der Waals surface area contributed by atoms with Gasteiger partial charge >= 0.3 is 0 Å². The van der Waals surface area contributed by atoms with Gasteiger partial charge in [0.25, 0.3) is 0 Å². The van der Waals surface area contributed by atoms with Crippen LogP contribution in [0.5, 0.6) is 5.75 Å². The van der Waals surface area contributed by atoms with Crippen LogP contribution >= 0.6 is 0 Å². The van der Waals surface area contributed by atoms with Crippen LogP contribution in [0.3, 0.4) is 0 Å². The Morgan fingerprint density at radius 3 is 2.67 bits per heavy atom. The van der Waals surface area contributed by atoms with Gasteiger partial charge in [0.15, 0.2) is 0 Å². The molecule has 15 heavy (non-hydrogen) atoms. The van der Waals surface area contributed by atoms with Crippen molar-refractivity contribution in [2.24, 2.45) is 0 Å². The molecular formula is C13H13O2. The molecule has 0 fully saturated rings. The summed E-state index contributed by atoms with van der Waals surface area (Å²) in [5, 5.41) is 11.0. The third kappa shape index (κ3) is 2.48. The number of benzene rings is 2. The van der Waals surface area contributed by atoms with Gasteiger partial charge in [0.1, 0.15) is 12.4 Å². The summed E-state index contributed by atoms with van der Waals surface area (Å²) < 4.78 is 5.37. The Hall–Kier alpha value is -1.54. The quantitative estimate of drug-likeness (QED) is 0.771. The van der Waals surface area contributed by atoms with Crippen LogP contribution in [0.25, 0.3) is 10.8 Å². The van der Waals surface area contributed by atoms with E-state index in [1.54, 1.807) is 6.61 Å². The molecule has 0 bridgehead atoms. The summed E-state index contributed by atoms with van der Waals surface area (Å²) in [4.78, 5) is 0. The van der Waals surface area contributed by atoms with Crippen molar-refractivity contribution < 1.29 is 9.84 Å². The number of hydrogen-bond acceptors (Lipinski definition) is 2. The minimum atomic E-state index is 0.119. The molecule has 2 heteroatoms. The van der Waals surface area contributed by atoms with Crippen molar-refractivity contribution in [3.8, 4) is 5.75 Å². The van der Waals surface area contributed by atoms with E-state index >= 15 is 0 Å². The zero-order chi connectivity index (χ0) is 10.5. The smallest absolute Gasteiger partial charge is 0.138 e. The fraction of sp³-hybridized carbons (Fsp3) is 0.154. The van der Waals surface area contributed by atoms with E-state index in [2.05, 4.69) is 6.07 Å². The van der Waals surface area contributed by atoms with Crippen molar-refractivity contribution in [2.75, 3.05) is 6.61 Å². The van der Waals surface area contributed by atoms with E-state index in [4.69, 9.17) is 9.84 Å². The Morgan fingerprint density at radius 1 is 1.07 bits per heavy atom. The van der Waals surface area contributed by atoms with Crippen molar-refractivity contribution in [1.82, 2.24) is 0 Å². The maximum atomic E-state index is 8.60. The molecule has 0 unspecified atom stereocenters. The second-order valence-corrected chi connectivity index (χ2v) is 3.31. The Bertz CT molecular complexity index is 437. The van der Waals surface area contributed by atoms with Gasteiger partial charge < -0.3 is 9.84 Å². The average molecular weight is 201 g/mol. The van der Waals surface area contributed by atoms with Crippen LogP contribution < -0.4 is 4.74 Å². The van der Waals surface area contributed by atoms with Gasteiger partial charge in [-0.25, -0.2) is 0 Å². The molecule has 2 aromatic rings. The molecule has 0 atom stereocenters. The summed E-state index contributed by atoms with van der Waals surface area (Å²) in [6, 6.07) is 14.1. The summed E-state index contributed by atoms with van der Waals surface area (Å²) in [7, 11) is 0. The predicted octanol–water partition coefficient (Wildman–Crippen LogP) is 2.76. The molecule has 0 aliphatic rings. The fourth-order valence-electron chi connectivity index (χ4n) is 1.45. The third-order valence-corrected chi connectivity index (χ3v) is 2.19. The van der Waals surface area contributed by atoms with Gasteiger partial charge in [-0.1, -0.05) is 30.3 Å². The van der Waals surface area contributed by atoms with Gasteiger partial charge in [0.2, 0.25) is 0 Å². The Labute approximate surface area is 89.1 Å². The molecule has 1 radical (unpaired) electrons. The highest BCUT2D eigenvalue weighted by Crippen LogP contribution is 2.21. The highest BCUT2D eigenvalue weighted by Gasteiger charge is 1.96. The second-order valence-electron chi connectivity index (χ2n) is 3.31. The van der Waals surface area contributed by atoms with Crippen molar-refractivity contribution >= 4 is 10.8 Å². The highest BCUT2D eigenvalue weighted by molar-refractivity contribution is 5.83. The maximum absolute atomic E-state index is 8.60. The lowest BCUT2D eigenvalue weighted by atomic mass is 10.1. The average Bonchev–Trinajstić information content (AvgIpc) is 2.29. The molecule has 0 saturated carbocycles. The van der Waals surface area contributed by atoms with E-state index < -0.39 is 0 Å².